The first-order chi connectivity index (χ1) is 10.4. The maximum absolute atomic E-state index is 12.0. The van der Waals surface area contributed by atoms with Crippen LogP contribution in [-0.4, -0.2) is 53.6 Å². The molecule has 8 nitrogen and oxygen atoms in total. The maximum Gasteiger partial charge on any atom is 0.331 e. The minimum Gasteiger partial charge on any atom is -0.480 e. The number of nitrogens with zero attached hydrogens (tertiary/aromatic N) is 1. The van der Waals surface area contributed by atoms with Crippen molar-refractivity contribution in [3.63, 3.8) is 0 Å². The lowest BCUT2D eigenvalue weighted by atomic mass is 9.85. The Morgan fingerprint density at radius 1 is 1.41 bits per heavy atom. The molecule has 0 spiro atoms. The van der Waals surface area contributed by atoms with E-state index in [1.807, 2.05) is 0 Å². The Kier molecular flexibility index (Phi) is 4.92. The van der Waals surface area contributed by atoms with Gasteiger partial charge in [-0.1, -0.05) is 12.5 Å². The summed E-state index contributed by atoms with van der Waals surface area (Å²) in [4.78, 5) is 46.5. The molecule has 2 fully saturated rings. The normalized spacial score (nSPS) is 28.0. The molecule has 2 aliphatic rings. The molecule has 0 aromatic heterocycles. The number of aliphatic carboxylic acids is 1. The number of barbiturate groups is 1. The Morgan fingerprint density at radius 3 is 2.82 bits per heavy atom. The molecule has 1 saturated carbocycles. The molecule has 1 aliphatic heterocycles. The minimum atomic E-state index is -1.03. The van der Waals surface area contributed by atoms with Crippen LogP contribution in [0.4, 0.5) is 4.79 Å². The van der Waals surface area contributed by atoms with Gasteiger partial charge in [-0.3, -0.25) is 19.8 Å². The quantitative estimate of drug-likeness (QED) is 0.569. The van der Waals surface area contributed by atoms with Gasteiger partial charge in [0, 0.05) is 7.05 Å². The van der Waals surface area contributed by atoms with Crippen LogP contribution in [0.15, 0.2) is 11.6 Å². The SMILES string of the molecule is CN1C(=O)NC(=O)/C(=C\C2CCCC(OCC(=O)O)C2)C1=O. The number of carboxylic acids is 1. The molecule has 0 bridgehead atoms. The second-order valence-electron chi connectivity index (χ2n) is 5.46. The lowest BCUT2D eigenvalue weighted by Crippen LogP contribution is -2.52. The Balaban J connectivity index is 2.04. The maximum atomic E-state index is 12.0. The number of allylic oxidation sites excluding steroid dienone is 1. The molecule has 1 saturated heterocycles. The van der Waals surface area contributed by atoms with E-state index in [0.717, 1.165) is 24.2 Å². The number of ether oxygens (including phenoxy) is 1. The largest absolute Gasteiger partial charge is 0.480 e. The van der Waals surface area contributed by atoms with E-state index in [4.69, 9.17) is 9.84 Å². The first kappa shape index (κ1) is 16.2. The zero-order valence-corrected chi connectivity index (χ0v) is 12.2. The third-order valence-electron chi connectivity index (χ3n) is 3.82. The second-order valence-corrected chi connectivity index (χ2v) is 5.46. The first-order valence-electron chi connectivity index (χ1n) is 7.07. The van der Waals surface area contributed by atoms with Gasteiger partial charge < -0.3 is 9.84 Å². The Labute approximate surface area is 127 Å². The predicted octanol–water partition coefficient (Wildman–Crippen LogP) is 0.281. The highest BCUT2D eigenvalue weighted by atomic mass is 16.5. The van der Waals surface area contributed by atoms with E-state index in [1.165, 1.54) is 7.05 Å². The van der Waals surface area contributed by atoms with E-state index in [1.54, 1.807) is 6.08 Å². The van der Waals surface area contributed by atoms with Crippen LogP contribution in [0.2, 0.25) is 0 Å². The van der Waals surface area contributed by atoms with Crippen LogP contribution in [0.1, 0.15) is 25.7 Å². The molecule has 0 aromatic rings. The third kappa shape index (κ3) is 3.70. The lowest BCUT2D eigenvalue weighted by Gasteiger charge is -2.28. The molecular weight excluding hydrogens is 292 g/mol. The van der Waals surface area contributed by atoms with Gasteiger partial charge >= 0.3 is 12.0 Å². The van der Waals surface area contributed by atoms with Gasteiger partial charge in [0.1, 0.15) is 12.2 Å². The van der Waals surface area contributed by atoms with Crippen molar-refractivity contribution < 1.29 is 29.0 Å². The molecule has 2 atom stereocenters. The zero-order chi connectivity index (χ0) is 16.3. The van der Waals surface area contributed by atoms with Crippen molar-refractivity contribution in [1.29, 1.82) is 0 Å². The fraction of sp³-hybridized carbons (Fsp3) is 0.571. The van der Waals surface area contributed by atoms with Gasteiger partial charge in [0.2, 0.25) is 0 Å². The number of hydrogen-bond acceptors (Lipinski definition) is 5. The number of nitrogens with one attached hydrogen (secondary N) is 1. The number of urea groups is 1. The lowest BCUT2D eigenvalue weighted by molar-refractivity contribution is -0.145. The summed E-state index contributed by atoms with van der Waals surface area (Å²) in [5, 5.41) is 10.7. The summed E-state index contributed by atoms with van der Waals surface area (Å²) in [6, 6.07) is -0.738. The highest BCUT2D eigenvalue weighted by Crippen LogP contribution is 2.28. The number of rotatable bonds is 4. The van der Waals surface area contributed by atoms with Crippen LogP contribution in [0, 0.1) is 5.92 Å². The second kappa shape index (κ2) is 6.69. The van der Waals surface area contributed by atoms with Gasteiger partial charge in [0.25, 0.3) is 11.8 Å². The molecule has 2 unspecified atom stereocenters. The number of carbonyl (C=O) groups excluding carboxylic acids is 3. The highest BCUT2D eigenvalue weighted by molar-refractivity contribution is 6.28. The number of carbonyl (C=O) groups is 4. The molecule has 120 valence electrons. The molecular formula is C14H18N2O6. The number of likely N-dealkylation sites (N-methyl/N-ethyl adjacent to an activating group) is 1. The van der Waals surface area contributed by atoms with E-state index in [-0.39, 0.29) is 24.2 Å². The summed E-state index contributed by atoms with van der Waals surface area (Å²) < 4.78 is 5.28. The van der Waals surface area contributed by atoms with Crippen LogP contribution in [-0.2, 0) is 19.1 Å². The summed E-state index contributed by atoms with van der Waals surface area (Å²) in [6.45, 7) is -0.357. The minimum absolute atomic E-state index is 0.0500. The molecule has 2 rings (SSSR count). The van der Waals surface area contributed by atoms with Gasteiger partial charge in [-0.05, 0) is 25.2 Å². The van der Waals surface area contributed by atoms with Crippen molar-refractivity contribution in [2.75, 3.05) is 13.7 Å². The molecule has 0 aromatic carbocycles. The number of hydrogen-bond donors (Lipinski definition) is 2. The van der Waals surface area contributed by atoms with E-state index in [9.17, 15) is 19.2 Å². The van der Waals surface area contributed by atoms with Gasteiger partial charge in [0.05, 0.1) is 6.10 Å². The van der Waals surface area contributed by atoms with Crippen LogP contribution in [0.3, 0.4) is 0 Å². The van der Waals surface area contributed by atoms with Crippen LogP contribution < -0.4 is 5.32 Å². The summed E-state index contributed by atoms with van der Waals surface area (Å²) in [5.74, 6) is -2.40. The molecule has 1 heterocycles. The number of carboxylic acid groups (broad SMARTS) is 1. The molecule has 8 heteroatoms. The van der Waals surface area contributed by atoms with E-state index >= 15 is 0 Å². The van der Waals surface area contributed by atoms with Gasteiger partial charge in [-0.15, -0.1) is 0 Å². The summed E-state index contributed by atoms with van der Waals surface area (Å²) >= 11 is 0. The standard InChI is InChI=1S/C14H18N2O6/c1-16-13(20)10(12(19)15-14(16)21)6-8-3-2-4-9(5-8)22-7-11(17)18/h6,8-9H,2-5,7H2,1H3,(H,17,18)(H,15,19,21)/b10-6+. The molecule has 1 aliphatic carbocycles. The first-order valence-corrected chi connectivity index (χ1v) is 7.07. The monoisotopic (exact) mass is 310 g/mol. The zero-order valence-electron chi connectivity index (χ0n) is 12.2. The summed E-state index contributed by atoms with van der Waals surface area (Å²) in [5.41, 5.74) is -0.0500. The smallest absolute Gasteiger partial charge is 0.331 e. The van der Waals surface area contributed by atoms with Crippen LogP contribution in [0.25, 0.3) is 0 Å². The fourth-order valence-electron chi connectivity index (χ4n) is 2.67. The molecule has 22 heavy (non-hydrogen) atoms. The Bertz CT molecular complexity index is 541. The van der Waals surface area contributed by atoms with E-state index in [2.05, 4.69) is 5.32 Å². The van der Waals surface area contributed by atoms with E-state index in [0.29, 0.717) is 6.42 Å². The Morgan fingerprint density at radius 2 is 2.14 bits per heavy atom. The fourth-order valence-corrected chi connectivity index (χ4v) is 2.67. The number of amides is 4. The highest BCUT2D eigenvalue weighted by Gasteiger charge is 2.34. The third-order valence-corrected chi connectivity index (χ3v) is 3.82. The topological polar surface area (TPSA) is 113 Å². The van der Waals surface area contributed by atoms with Crippen molar-refractivity contribution >= 4 is 23.8 Å². The van der Waals surface area contributed by atoms with Gasteiger partial charge in [0.15, 0.2) is 0 Å². The van der Waals surface area contributed by atoms with Crippen molar-refractivity contribution in [1.82, 2.24) is 10.2 Å². The molecule has 2 N–H and O–H groups in total. The van der Waals surface area contributed by atoms with Gasteiger partial charge in [-0.25, -0.2) is 9.59 Å². The average molecular weight is 310 g/mol. The summed E-state index contributed by atoms with van der Waals surface area (Å²) in [7, 11) is 1.30. The number of imide groups is 2. The van der Waals surface area contributed by atoms with Crippen LogP contribution in [0.5, 0.6) is 0 Å². The van der Waals surface area contributed by atoms with Crippen molar-refractivity contribution in [2.24, 2.45) is 5.92 Å². The average Bonchev–Trinajstić information content (AvgIpc) is 2.48. The van der Waals surface area contributed by atoms with E-state index < -0.39 is 23.8 Å². The van der Waals surface area contributed by atoms with Gasteiger partial charge in [-0.2, -0.15) is 0 Å². The molecule has 0 radical (unpaired) electrons. The predicted molar refractivity (Wildman–Crippen MR) is 73.7 cm³/mol. The summed E-state index contributed by atoms with van der Waals surface area (Å²) in [6.07, 6.45) is 4.28. The van der Waals surface area contributed by atoms with Crippen LogP contribution >= 0.6 is 0 Å². The van der Waals surface area contributed by atoms with Crippen molar-refractivity contribution in [3.8, 4) is 0 Å². The van der Waals surface area contributed by atoms with Crippen molar-refractivity contribution in [2.45, 2.75) is 31.8 Å². The van der Waals surface area contributed by atoms with Crippen molar-refractivity contribution in [3.05, 3.63) is 11.6 Å². The molecule has 4 amide bonds. The Hall–Kier alpha value is -2.22.